The van der Waals surface area contributed by atoms with Crippen molar-refractivity contribution >= 4 is 5.97 Å². The van der Waals surface area contributed by atoms with Crippen LogP contribution in [-0.4, -0.2) is 15.6 Å². The van der Waals surface area contributed by atoms with Gasteiger partial charge < -0.3 is 9.67 Å². The van der Waals surface area contributed by atoms with Crippen molar-refractivity contribution in [3.05, 3.63) is 34.2 Å². The number of hydrogen-bond acceptors (Lipinski definition) is 2. The van der Waals surface area contributed by atoms with Crippen molar-refractivity contribution in [2.75, 3.05) is 0 Å². The second-order valence-corrected chi connectivity index (χ2v) is 4.75. The van der Waals surface area contributed by atoms with Crippen LogP contribution < -0.4 is 5.56 Å². The van der Waals surface area contributed by atoms with Gasteiger partial charge in [-0.1, -0.05) is 20.8 Å². The maximum absolute atomic E-state index is 11.4. The van der Waals surface area contributed by atoms with E-state index in [2.05, 4.69) is 0 Å². The van der Waals surface area contributed by atoms with Gasteiger partial charge in [0, 0.05) is 18.8 Å². The second-order valence-electron chi connectivity index (χ2n) is 4.75. The first kappa shape index (κ1) is 11.5. The van der Waals surface area contributed by atoms with Crippen LogP contribution in [0.2, 0.25) is 0 Å². The fourth-order valence-corrected chi connectivity index (χ4v) is 1.29. The summed E-state index contributed by atoms with van der Waals surface area (Å²) in [4.78, 5) is 22.2. The molecule has 4 nitrogen and oxygen atoms in total. The van der Waals surface area contributed by atoms with E-state index in [9.17, 15) is 9.59 Å². The van der Waals surface area contributed by atoms with Gasteiger partial charge in [0.1, 0.15) is 0 Å². The third-order valence-corrected chi connectivity index (χ3v) is 1.88. The van der Waals surface area contributed by atoms with E-state index < -0.39 is 5.97 Å². The highest BCUT2D eigenvalue weighted by Gasteiger charge is 2.13. The highest BCUT2D eigenvalue weighted by Crippen LogP contribution is 2.15. The van der Waals surface area contributed by atoms with Crippen LogP contribution >= 0.6 is 0 Å². The van der Waals surface area contributed by atoms with Crippen LogP contribution in [0, 0.1) is 5.41 Å². The Morgan fingerprint density at radius 1 is 1.40 bits per heavy atom. The Hall–Kier alpha value is -1.58. The zero-order chi connectivity index (χ0) is 11.6. The minimum absolute atomic E-state index is 0.0546. The molecule has 0 atom stereocenters. The third-order valence-electron chi connectivity index (χ3n) is 1.88. The summed E-state index contributed by atoms with van der Waals surface area (Å²) in [5.74, 6) is -1.02. The lowest BCUT2D eigenvalue weighted by Crippen LogP contribution is -2.26. The molecule has 1 aromatic rings. The molecule has 0 bridgehead atoms. The lowest BCUT2D eigenvalue weighted by Gasteiger charge is -2.19. The molecule has 0 radical (unpaired) electrons. The maximum atomic E-state index is 11.4. The number of nitrogens with zero attached hydrogens (tertiary/aromatic N) is 1. The van der Waals surface area contributed by atoms with Crippen LogP contribution in [0.5, 0.6) is 0 Å². The van der Waals surface area contributed by atoms with Crippen molar-refractivity contribution in [2.24, 2.45) is 5.41 Å². The number of hydrogen-bond donors (Lipinski definition) is 1. The first-order valence-corrected chi connectivity index (χ1v) is 4.73. The highest BCUT2D eigenvalue weighted by molar-refractivity contribution is 5.87. The monoisotopic (exact) mass is 209 g/mol. The molecule has 0 aliphatic rings. The van der Waals surface area contributed by atoms with Crippen molar-refractivity contribution in [2.45, 2.75) is 27.3 Å². The zero-order valence-corrected chi connectivity index (χ0v) is 9.15. The predicted octanol–water partition coefficient (Wildman–Crippen LogP) is 1.59. The zero-order valence-electron chi connectivity index (χ0n) is 9.15. The van der Waals surface area contributed by atoms with E-state index in [0.717, 1.165) is 0 Å². The summed E-state index contributed by atoms with van der Waals surface area (Å²) in [5, 5.41) is 8.78. The quantitative estimate of drug-likeness (QED) is 0.804. The molecule has 1 heterocycles. The Kier molecular flexibility index (Phi) is 2.98. The molecule has 1 N–H and O–H groups in total. The van der Waals surface area contributed by atoms with E-state index >= 15 is 0 Å². The van der Waals surface area contributed by atoms with E-state index in [-0.39, 0.29) is 16.5 Å². The Bertz CT molecular complexity index is 426. The summed E-state index contributed by atoms with van der Waals surface area (Å²) in [6.07, 6.45) is 1.38. The molecule has 1 aromatic heterocycles. The van der Waals surface area contributed by atoms with Gasteiger partial charge in [-0.25, -0.2) is 4.79 Å². The molecule has 4 heteroatoms. The number of carbonyl (C=O) groups is 1. The van der Waals surface area contributed by atoms with E-state index in [1.807, 2.05) is 20.8 Å². The Morgan fingerprint density at radius 3 is 2.47 bits per heavy atom. The SMILES string of the molecule is CC(C)(C)Cn1cc(C(=O)O)ccc1=O. The summed E-state index contributed by atoms with van der Waals surface area (Å²) >= 11 is 0. The van der Waals surface area contributed by atoms with Gasteiger partial charge in [0.15, 0.2) is 0 Å². The molecule has 0 aliphatic carbocycles. The minimum atomic E-state index is -1.02. The molecular formula is C11H15NO3. The summed E-state index contributed by atoms with van der Waals surface area (Å²) in [5.41, 5.74) is -0.0882. The predicted molar refractivity (Wildman–Crippen MR) is 57.1 cm³/mol. The van der Waals surface area contributed by atoms with E-state index in [1.54, 1.807) is 0 Å². The third kappa shape index (κ3) is 3.23. The summed E-state index contributed by atoms with van der Waals surface area (Å²) in [7, 11) is 0. The van der Waals surface area contributed by atoms with Crippen molar-refractivity contribution in [1.29, 1.82) is 0 Å². The second kappa shape index (κ2) is 3.88. The van der Waals surface area contributed by atoms with Crippen molar-refractivity contribution in [3.8, 4) is 0 Å². The number of aromatic carboxylic acids is 1. The maximum Gasteiger partial charge on any atom is 0.337 e. The molecule has 0 saturated heterocycles. The molecule has 0 saturated carbocycles. The van der Waals surface area contributed by atoms with Gasteiger partial charge in [0.05, 0.1) is 5.56 Å². The van der Waals surface area contributed by atoms with Crippen LogP contribution in [0.4, 0.5) is 0 Å². The van der Waals surface area contributed by atoms with Crippen LogP contribution in [-0.2, 0) is 6.54 Å². The van der Waals surface area contributed by atoms with Gasteiger partial charge in [-0.2, -0.15) is 0 Å². The first-order valence-electron chi connectivity index (χ1n) is 4.73. The lowest BCUT2D eigenvalue weighted by atomic mass is 9.97. The lowest BCUT2D eigenvalue weighted by molar-refractivity contribution is 0.0695. The van der Waals surface area contributed by atoms with Crippen LogP contribution in [0.3, 0.4) is 0 Å². The standard InChI is InChI=1S/C11H15NO3/c1-11(2,3)7-12-6-8(10(14)15)4-5-9(12)13/h4-6H,7H2,1-3H3,(H,14,15). The van der Waals surface area contributed by atoms with Gasteiger partial charge in [-0.15, -0.1) is 0 Å². The largest absolute Gasteiger partial charge is 0.478 e. The summed E-state index contributed by atoms with van der Waals surface area (Å²) < 4.78 is 1.43. The number of carboxylic acids is 1. The fraction of sp³-hybridized carbons (Fsp3) is 0.455. The molecular weight excluding hydrogens is 194 g/mol. The Balaban J connectivity index is 3.12. The smallest absolute Gasteiger partial charge is 0.337 e. The molecule has 0 unspecified atom stereocenters. The minimum Gasteiger partial charge on any atom is -0.478 e. The molecule has 0 spiro atoms. The van der Waals surface area contributed by atoms with Crippen molar-refractivity contribution in [3.63, 3.8) is 0 Å². The first-order chi connectivity index (χ1) is 6.79. The number of carboxylic acid groups (broad SMARTS) is 1. The molecule has 15 heavy (non-hydrogen) atoms. The average molecular weight is 209 g/mol. The topological polar surface area (TPSA) is 59.3 Å². The van der Waals surface area contributed by atoms with Gasteiger partial charge in [-0.05, 0) is 11.5 Å². The molecule has 1 rings (SSSR count). The van der Waals surface area contributed by atoms with Crippen LogP contribution in [0.15, 0.2) is 23.1 Å². The van der Waals surface area contributed by atoms with Gasteiger partial charge in [0.25, 0.3) is 5.56 Å². The Morgan fingerprint density at radius 2 is 2.00 bits per heavy atom. The van der Waals surface area contributed by atoms with E-state index in [0.29, 0.717) is 6.54 Å². The van der Waals surface area contributed by atoms with Crippen molar-refractivity contribution < 1.29 is 9.90 Å². The van der Waals surface area contributed by atoms with Gasteiger partial charge in [0.2, 0.25) is 0 Å². The average Bonchev–Trinajstić information content (AvgIpc) is 2.06. The van der Waals surface area contributed by atoms with Crippen molar-refractivity contribution in [1.82, 2.24) is 4.57 Å². The molecule has 0 amide bonds. The molecule has 0 fully saturated rings. The normalized spacial score (nSPS) is 11.4. The molecule has 0 aromatic carbocycles. The highest BCUT2D eigenvalue weighted by atomic mass is 16.4. The van der Waals surface area contributed by atoms with Gasteiger partial charge in [-0.3, -0.25) is 4.79 Å². The van der Waals surface area contributed by atoms with Crippen LogP contribution in [0.25, 0.3) is 0 Å². The van der Waals surface area contributed by atoms with Crippen LogP contribution in [0.1, 0.15) is 31.1 Å². The number of aromatic nitrogens is 1. The van der Waals surface area contributed by atoms with Gasteiger partial charge >= 0.3 is 5.97 Å². The number of rotatable bonds is 2. The van der Waals surface area contributed by atoms with E-state index in [1.165, 1.54) is 22.9 Å². The van der Waals surface area contributed by atoms with E-state index in [4.69, 9.17) is 5.11 Å². The number of pyridine rings is 1. The summed E-state index contributed by atoms with van der Waals surface area (Å²) in [6.45, 7) is 6.49. The Labute approximate surface area is 88.2 Å². The summed E-state index contributed by atoms with van der Waals surface area (Å²) in [6, 6.07) is 2.61. The fourth-order valence-electron chi connectivity index (χ4n) is 1.29. The molecule has 0 aliphatic heterocycles. The molecule has 82 valence electrons.